The minimum absolute atomic E-state index is 0.0701. The molecule has 0 spiro atoms. The van der Waals surface area contributed by atoms with E-state index in [4.69, 9.17) is 9.90 Å². The number of rotatable bonds is 2. The number of amides is 1. The van der Waals surface area contributed by atoms with Crippen molar-refractivity contribution < 1.29 is 14.7 Å². The molecule has 2 aromatic heterocycles. The number of carbonyl (C=O) groups is 2. The second kappa shape index (κ2) is 9.61. The van der Waals surface area contributed by atoms with Crippen molar-refractivity contribution in [3.63, 3.8) is 0 Å². The van der Waals surface area contributed by atoms with Crippen LogP contribution in [0, 0.1) is 20.8 Å². The van der Waals surface area contributed by atoms with E-state index in [2.05, 4.69) is 19.9 Å². The summed E-state index contributed by atoms with van der Waals surface area (Å²) < 4.78 is 0. The number of hydrogen-bond donors (Lipinski definition) is 1. The van der Waals surface area contributed by atoms with E-state index < -0.39 is 0 Å². The van der Waals surface area contributed by atoms with Gasteiger partial charge in [-0.3, -0.25) is 14.6 Å². The van der Waals surface area contributed by atoms with Crippen LogP contribution in [0.25, 0.3) is 0 Å². The van der Waals surface area contributed by atoms with E-state index in [9.17, 15) is 4.79 Å². The van der Waals surface area contributed by atoms with Crippen molar-refractivity contribution in [3.8, 4) is 0 Å². The minimum Gasteiger partial charge on any atom is -0.483 e. The van der Waals surface area contributed by atoms with Crippen LogP contribution in [0.2, 0.25) is 0 Å². The number of carboxylic acid groups (broad SMARTS) is 1. The van der Waals surface area contributed by atoms with Crippen LogP contribution in [0.15, 0.2) is 24.4 Å². The molecule has 1 amide bonds. The van der Waals surface area contributed by atoms with E-state index >= 15 is 0 Å². The SMILES string of the molecule is Cc1ccc(C(=O)N2CCCN(c3ccnc(C)n3)CC2)c(C)n1.O=CO. The Hall–Kier alpha value is -3.03. The Balaban J connectivity index is 0.000000817. The van der Waals surface area contributed by atoms with Gasteiger partial charge in [-0.15, -0.1) is 0 Å². The molecule has 0 aliphatic carbocycles. The monoisotopic (exact) mass is 371 g/mol. The molecule has 8 nitrogen and oxygen atoms in total. The molecule has 1 fully saturated rings. The summed E-state index contributed by atoms with van der Waals surface area (Å²) in [6, 6.07) is 5.71. The molecule has 3 rings (SSSR count). The highest BCUT2D eigenvalue weighted by atomic mass is 16.3. The van der Waals surface area contributed by atoms with E-state index in [1.54, 1.807) is 6.20 Å². The summed E-state index contributed by atoms with van der Waals surface area (Å²) in [6.45, 7) is 8.60. The van der Waals surface area contributed by atoms with Crippen LogP contribution >= 0.6 is 0 Å². The summed E-state index contributed by atoms with van der Waals surface area (Å²) in [5.74, 6) is 1.77. The molecule has 2 aromatic rings. The Morgan fingerprint density at radius 3 is 2.48 bits per heavy atom. The summed E-state index contributed by atoms with van der Waals surface area (Å²) in [5.41, 5.74) is 2.43. The summed E-state index contributed by atoms with van der Waals surface area (Å²) in [7, 11) is 0. The van der Waals surface area contributed by atoms with Crippen LogP contribution in [0.1, 0.15) is 34.0 Å². The molecule has 1 aliphatic heterocycles. The lowest BCUT2D eigenvalue weighted by atomic mass is 10.1. The average molecular weight is 371 g/mol. The summed E-state index contributed by atoms with van der Waals surface area (Å²) in [5, 5.41) is 6.89. The van der Waals surface area contributed by atoms with Gasteiger partial charge in [0.1, 0.15) is 11.6 Å². The van der Waals surface area contributed by atoms with Gasteiger partial charge < -0.3 is 14.9 Å². The number of anilines is 1. The first-order valence-electron chi connectivity index (χ1n) is 8.82. The summed E-state index contributed by atoms with van der Waals surface area (Å²) >= 11 is 0. The van der Waals surface area contributed by atoms with Crippen LogP contribution in [0.3, 0.4) is 0 Å². The van der Waals surface area contributed by atoms with Crippen molar-refractivity contribution in [2.24, 2.45) is 0 Å². The van der Waals surface area contributed by atoms with E-state index in [1.807, 2.05) is 43.9 Å². The first-order chi connectivity index (χ1) is 13.0. The maximum Gasteiger partial charge on any atom is 0.290 e. The number of aryl methyl sites for hydroxylation is 3. The zero-order valence-electron chi connectivity index (χ0n) is 15.9. The standard InChI is InChI=1S/C18H23N5O.CH2O2/c1-13-5-6-16(14(2)20-13)18(24)23-10-4-9-22(11-12-23)17-7-8-19-15(3)21-17;2-1-3/h5-8H,4,9-12H2,1-3H3;1H,(H,2,3). The molecule has 144 valence electrons. The first-order valence-corrected chi connectivity index (χ1v) is 8.82. The van der Waals surface area contributed by atoms with Crippen molar-refractivity contribution in [3.05, 3.63) is 47.2 Å². The Kier molecular flexibility index (Phi) is 7.22. The van der Waals surface area contributed by atoms with Gasteiger partial charge in [0.15, 0.2) is 0 Å². The maximum atomic E-state index is 12.8. The second-order valence-corrected chi connectivity index (χ2v) is 6.29. The van der Waals surface area contributed by atoms with Gasteiger partial charge in [-0.25, -0.2) is 9.97 Å². The molecule has 8 heteroatoms. The quantitative estimate of drug-likeness (QED) is 0.804. The van der Waals surface area contributed by atoms with Crippen molar-refractivity contribution in [1.82, 2.24) is 19.9 Å². The van der Waals surface area contributed by atoms with Gasteiger partial charge in [0.2, 0.25) is 0 Å². The molecule has 0 saturated carbocycles. The predicted octanol–water partition coefficient (Wildman–Crippen LogP) is 1.85. The highest BCUT2D eigenvalue weighted by Crippen LogP contribution is 2.16. The fraction of sp³-hybridized carbons (Fsp3) is 0.421. The Morgan fingerprint density at radius 1 is 1.07 bits per heavy atom. The molecular formula is C19H25N5O3. The van der Waals surface area contributed by atoms with E-state index in [-0.39, 0.29) is 12.4 Å². The molecule has 0 bridgehead atoms. The van der Waals surface area contributed by atoms with Gasteiger partial charge >= 0.3 is 0 Å². The van der Waals surface area contributed by atoms with E-state index in [0.29, 0.717) is 12.1 Å². The first kappa shape index (κ1) is 20.3. The van der Waals surface area contributed by atoms with E-state index in [0.717, 1.165) is 49.1 Å². The van der Waals surface area contributed by atoms with Gasteiger partial charge in [0.05, 0.1) is 11.3 Å². The third-order valence-electron chi connectivity index (χ3n) is 4.32. The molecule has 1 aliphatic rings. The Bertz CT molecular complexity index is 797. The zero-order valence-corrected chi connectivity index (χ0v) is 15.9. The number of hydrogen-bond acceptors (Lipinski definition) is 6. The number of carbonyl (C=O) groups excluding carboxylic acids is 1. The van der Waals surface area contributed by atoms with Gasteiger partial charge in [0.25, 0.3) is 12.4 Å². The number of pyridine rings is 1. The van der Waals surface area contributed by atoms with Crippen molar-refractivity contribution in [2.75, 3.05) is 31.1 Å². The minimum atomic E-state index is -0.250. The fourth-order valence-corrected chi connectivity index (χ4v) is 3.05. The van der Waals surface area contributed by atoms with Crippen molar-refractivity contribution in [1.29, 1.82) is 0 Å². The van der Waals surface area contributed by atoms with Crippen molar-refractivity contribution in [2.45, 2.75) is 27.2 Å². The second-order valence-electron chi connectivity index (χ2n) is 6.29. The molecule has 1 saturated heterocycles. The zero-order chi connectivity index (χ0) is 19.8. The van der Waals surface area contributed by atoms with Gasteiger partial charge in [0, 0.05) is 38.1 Å². The normalized spacial score (nSPS) is 14.0. The van der Waals surface area contributed by atoms with Crippen LogP contribution in [-0.2, 0) is 4.79 Å². The third kappa shape index (κ3) is 5.47. The fourth-order valence-electron chi connectivity index (χ4n) is 3.05. The molecule has 0 atom stereocenters. The highest BCUT2D eigenvalue weighted by Gasteiger charge is 2.22. The molecule has 1 N–H and O–H groups in total. The lowest BCUT2D eigenvalue weighted by Crippen LogP contribution is -2.35. The predicted molar refractivity (Wildman–Crippen MR) is 102 cm³/mol. The van der Waals surface area contributed by atoms with E-state index in [1.165, 1.54) is 0 Å². The molecule has 0 radical (unpaired) electrons. The Morgan fingerprint density at radius 2 is 1.81 bits per heavy atom. The number of aromatic nitrogens is 3. The van der Waals surface area contributed by atoms with Crippen molar-refractivity contribution >= 4 is 18.2 Å². The third-order valence-corrected chi connectivity index (χ3v) is 4.32. The molecular weight excluding hydrogens is 346 g/mol. The van der Waals surface area contributed by atoms with Gasteiger partial charge in [-0.1, -0.05) is 0 Å². The van der Waals surface area contributed by atoms with Crippen LogP contribution in [-0.4, -0.2) is 63.5 Å². The Labute approximate surface area is 158 Å². The average Bonchev–Trinajstić information content (AvgIpc) is 2.88. The maximum absolute atomic E-state index is 12.8. The summed E-state index contributed by atoms with van der Waals surface area (Å²) in [6.07, 6.45) is 2.71. The van der Waals surface area contributed by atoms with Gasteiger partial charge in [-0.05, 0) is 45.4 Å². The molecule has 3 heterocycles. The number of nitrogens with zero attached hydrogens (tertiary/aromatic N) is 5. The van der Waals surface area contributed by atoms with Crippen LogP contribution in [0.4, 0.5) is 5.82 Å². The van der Waals surface area contributed by atoms with Crippen LogP contribution in [0.5, 0.6) is 0 Å². The molecule has 27 heavy (non-hydrogen) atoms. The lowest BCUT2D eigenvalue weighted by Gasteiger charge is -2.23. The molecule has 0 aromatic carbocycles. The lowest BCUT2D eigenvalue weighted by molar-refractivity contribution is -0.122. The smallest absolute Gasteiger partial charge is 0.290 e. The topological polar surface area (TPSA) is 99.5 Å². The van der Waals surface area contributed by atoms with Crippen LogP contribution < -0.4 is 4.90 Å². The summed E-state index contributed by atoms with van der Waals surface area (Å²) in [4.78, 5) is 38.4. The molecule has 0 unspecified atom stereocenters. The highest BCUT2D eigenvalue weighted by molar-refractivity contribution is 5.95. The largest absolute Gasteiger partial charge is 0.483 e. The van der Waals surface area contributed by atoms with Gasteiger partial charge in [-0.2, -0.15) is 0 Å².